The fourth-order valence-corrected chi connectivity index (χ4v) is 2.06. The lowest BCUT2D eigenvalue weighted by atomic mass is 10.1. The van der Waals surface area contributed by atoms with Crippen molar-refractivity contribution in [2.24, 2.45) is 0 Å². The first kappa shape index (κ1) is 15.1. The van der Waals surface area contributed by atoms with Gasteiger partial charge in [-0.3, -0.25) is 10.1 Å². The summed E-state index contributed by atoms with van der Waals surface area (Å²) in [5.41, 5.74) is 6.90. The van der Waals surface area contributed by atoms with Crippen LogP contribution in [-0.4, -0.2) is 4.92 Å². The number of nitrogens with one attached hydrogen (secondary N) is 1. The Kier molecular flexibility index (Phi) is 4.28. The Hall–Kier alpha value is -2.34. The molecule has 0 radical (unpaired) electrons. The predicted octanol–water partition coefficient (Wildman–Crippen LogP) is 4.14. The van der Waals surface area contributed by atoms with E-state index in [1.807, 2.05) is 6.92 Å². The van der Waals surface area contributed by atoms with Crippen LogP contribution in [0, 0.1) is 15.9 Å². The molecule has 1 atom stereocenters. The second-order valence-electron chi connectivity index (χ2n) is 4.57. The molecule has 0 aliphatic carbocycles. The summed E-state index contributed by atoms with van der Waals surface area (Å²) in [4.78, 5) is 10.4. The maximum atomic E-state index is 13.5. The molecule has 110 valence electrons. The Morgan fingerprint density at radius 1 is 1.33 bits per heavy atom. The van der Waals surface area contributed by atoms with Gasteiger partial charge < -0.3 is 11.1 Å². The van der Waals surface area contributed by atoms with E-state index in [1.54, 1.807) is 24.3 Å². The van der Waals surface area contributed by atoms with Gasteiger partial charge in [-0.2, -0.15) is 0 Å². The zero-order chi connectivity index (χ0) is 15.6. The van der Waals surface area contributed by atoms with Gasteiger partial charge in [-0.1, -0.05) is 23.7 Å². The number of halogens is 2. The summed E-state index contributed by atoms with van der Waals surface area (Å²) in [5.74, 6) is -0.714. The predicted molar refractivity (Wildman–Crippen MR) is 81.0 cm³/mol. The first-order valence-corrected chi connectivity index (χ1v) is 6.51. The second-order valence-corrected chi connectivity index (χ2v) is 4.98. The van der Waals surface area contributed by atoms with Crippen LogP contribution in [0.15, 0.2) is 36.4 Å². The summed E-state index contributed by atoms with van der Waals surface area (Å²) >= 11 is 5.58. The van der Waals surface area contributed by atoms with E-state index in [0.717, 1.165) is 17.7 Å². The average molecular weight is 310 g/mol. The van der Waals surface area contributed by atoms with Crippen molar-refractivity contribution in [2.75, 3.05) is 11.1 Å². The van der Waals surface area contributed by atoms with Crippen LogP contribution in [0.25, 0.3) is 0 Å². The van der Waals surface area contributed by atoms with Crippen molar-refractivity contribution in [1.29, 1.82) is 0 Å². The molecule has 3 N–H and O–H groups in total. The smallest absolute Gasteiger partial charge is 0.294 e. The quantitative estimate of drug-likeness (QED) is 0.505. The van der Waals surface area contributed by atoms with Crippen molar-refractivity contribution in [3.63, 3.8) is 0 Å². The van der Waals surface area contributed by atoms with Gasteiger partial charge in [0.25, 0.3) is 5.69 Å². The van der Waals surface area contributed by atoms with E-state index in [0.29, 0.717) is 5.69 Å². The SMILES string of the molecule is CC(Nc1cc(F)c(Cl)cc1[N+](=O)[O-])c1ccc(N)cc1. The molecular weight excluding hydrogens is 297 g/mol. The molecule has 21 heavy (non-hydrogen) atoms. The van der Waals surface area contributed by atoms with Gasteiger partial charge in [-0.05, 0) is 24.6 Å². The van der Waals surface area contributed by atoms with Gasteiger partial charge in [-0.15, -0.1) is 0 Å². The van der Waals surface area contributed by atoms with Crippen molar-refractivity contribution in [3.05, 3.63) is 62.9 Å². The Balaban J connectivity index is 2.32. The number of nitrogens with zero attached hydrogens (tertiary/aromatic N) is 1. The van der Waals surface area contributed by atoms with Crippen LogP contribution in [0.5, 0.6) is 0 Å². The Labute approximate surface area is 125 Å². The van der Waals surface area contributed by atoms with Crippen molar-refractivity contribution < 1.29 is 9.31 Å². The van der Waals surface area contributed by atoms with Crippen LogP contribution < -0.4 is 11.1 Å². The van der Waals surface area contributed by atoms with Crippen LogP contribution in [-0.2, 0) is 0 Å². The van der Waals surface area contributed by atoms with Gasteiger partial charge in [0, 0.05) is 23.9 Å². The summed E-state index contributed by atoms with van der Waals surface area (Å²) in [6.45, 7) is 1.81. The molecule has 2 aromatic rings. The lowest BCUT2D eigenvalue weighted by Gasteiger charge is -2.16. The molecule has 0 spiro atoms. The van der Waals surface area contributed by atoms with E-state index < -0.39 is 10.7 Å². The Bertz CT molecular complexity index is 677. The number of nitro groups is 1. The fourth-order valence-electron chi connectivity index (χ4n) is 1.90. The zero-order valence-electron chi connectivity index (χ0n) is 11.1. The van der Waals surface area contributed by atoms with Gasteiger partial charge in [-0.25, -0.2) is 4.39 Å². The summed E-state index contributed by atoms with van der Waals surface area (Å²) < 4.78 is 13.5. The van der Waals surface area contributed by atoms with Gasteiger partial charge in [0.15, 0.2) is 0 Å². The number of anilines is 2. The Morgan fingerprint density at radius 2 is 1.95 bits per heavy atom. The van der Waals surface area contributed by atoms with Crippen LogP contribution >= 0.6 is 11.6 Å². The normalized spacial score (nSPS) is 12.0. The lowest BCUT2D eigenvalue weighted by Crippen LogP contribution is -2.09. The van der Waals surface area contributed by atoms with E-state index in [1.165, 1.54) is 0 Å². The minimum atomic E-state index is -0.714. The van der Waals surface area contributed by atoms with Gasteiger partial charge in [0.05, 0.1) is 9.95 Å². The molecule has 2 aromatic carbocycles. The van der Waals surface area contributed by atoms with Gasteiger partial charge in [0.2, 0.25) is 0 Å². The van der Waals surface area contributed by atoms with E-state index in [4.69, 9.17) is 17.3 Å². The highest BCUT2D eigenvalue weighted by Crippen LogP contribution is 2.32. The molecule has 0 heterocycles. The third-order valence-corrected chi connectivity index (χ3v) is 3.33. The molecule has 2 rings (SSSR count). The largest absolute Gasteiger partial charge is 0.399 e. The summed E-state index contributed by atoms with van der Waals surface area (Å²) in [7, 11) is 0. The molecule has 0 aliphatic heterocycles. The fraction of sp³-hybridized carbons (Fsp3) is 0.143. The number of nitrogen functional groups attached to an aromatic ring is 1. The van der Waals surface area contributed by atoms with Crippen LogP contribution in [0.2, 0.25) is 5.02 Å². The monoisotopic (exact) mass is 309 g/mol. The number of nitrogens with two attached hydrogens (primary N) is 1. The molecule has 1 unspecified atom stereocenters. The zero-order valence-corrected chi connectivity index (χ0v) is 11.9. The standard InChI is InChI=1S/C14H13ClFN3O2/c1-8(9-2-4-10(17)5-3-9)18-13-7-12(16)11(15)6-14(13)19(20)21/h2-8,18H,17H2,1H3. The molecule has 0 bridgehead atoms. The molecule has 5 nitrogen and oxygen atoms in total. The van der Waals surface area contributed by atoms with Crippen LogP contribution in [0.4, 0.5) is 21.5 Å². The maximum Gasteiger partial charge on any atom is 0.294 e. The molecule has 0 aromatic heterocycles. The number of hydrogen-bond donors (Lipinski definition) is 2. The van der Waals surface area contributed by atoms with E-state index in [9.17, 15) is 14.5 Å². The molecule has 0 saturated heterocycles. The second kappa shape index (κ2) is 5.97. The van der Waals surface area contributed by atoms with Crippen molar-refractivity contribution in [1.82, 2.24) is 0 Å². The minimum absolute atomic E-state index is 0.0752. The van der Waals surface area contributed by atoms with E-state index in [-0.39, 0.29) is 22.4 Å². The van der Waals surface area contributed by atoms with Crippen molar-refractivity contribution in [2.45, 2.75) is 13.0 Å². The molecule has 0 aliphatic rings. The third-order valence-electron chi connectivity index (χ3n) is 3.04. The maximum absolute atomic E-state index is 13.5. The van der Waals surface area contributed by atoms with Crippen LogP contribution in [0.3, 0.4) is 0 Å². The highest BCUT2D eigenvalue weighted by Gasteiger charge is 2.19. The first-order valence-electron chi connectivity index (χ1n) is 6.14. The summed E-state index contributed by atoms with van der Waals surface area (Å²) in [5, 5.41) is 13.6. The highest BCUT2D eigenvalue weighted by molar-refractivity contribution is 6.31. The van der Waals surface area contributed by atoms with Crippen molar-refractivity contribution >= 4 is 28.7 Å². The summed E-state index contributed by atoms with van der Waals surface area (Å²) in [6, 6.07) is 8.80. The Morgan fingerprint density at radius 3 is 2.52 bits per heavy atom. The molecule has 0 amide bonds. The average Bonchev–Trinajstić information content (AvgIpc) is 2.43. The summed E-state index contributed by atoms with van der Waals surface area (Å²) in [6.07, 6.45) is 0. The van der Waals surface area contributed by atoms with E-state index in [2.05, 4.69) is 5.32 Å². The van der Waals surface area contributed by atoms with E-state index >= 15 is 0 Å². The topological polar surface area (TPSA) is 81.2 Å². The number of benzene rings is 2. The first-order chi connectivity index (χ1) is 9.88. The highest BCUT2D eigenvalue weighted by atomic mass is 35.5. The van der Waals surface area contributed by atoms with Crippen LogP contribution in [0.1, 0.15) is 18.5 Å². The molecule has 0 fully saturated rings. The van der Waals surface area contributed by atoms with Gasteiger partial charge in [0.1, 0.15) is 11.5 Å². The molecule has 7 heteroatoms. The van der Waals surface area contributed by atoms with Crippen molar-refractivity contribution in [3.8, 4) is 0 Å². The molecular formula is C14H13ClFN3O2. The number of rotatable bonds is 4. The minimum Gasteiger partial charge on any atom is -0.399 e. The number of hydrogen-bond acceptors (Lipinski definition) is 4. The lowest BCUT2D eigenvalue weighted by molar-refractivity contribution is -0.384. The van der Waals surface area contributed by atoms with Gasteiger partial charge >= 0.3 is 0 Å². The number of nitro benzene ring substituents is 1. The third kappa shape index (κ3) is 3.41. The molecule has 0 saturated carbocycles.